The van der Waals surface area contributed by atoms with Crippen molar-refractivity contribution in [1.29, 1.82) is 0 Å². The van der Waals surface area contributed by atoms with Crippen LogP contribution in [0.2, 0.25) is 0 Å². The lowest BCUT2D eigenvalue weighted by Crippen LogP contribution is -2.24. The van der Waals surface area contributed by atoms with E-state index in [0.29, 0.717) is 12.8 Å². The van der Waals surface area contributed by atoms with Crippen LogP contribution in [-0.2, 0) is 4.79 Å². The zero-order valence-electron chi connectivity index (χ0n) is 18.2. The highest BCUT2D eigenvalue weighted by Gasteiger charge is 2.36. The van der Waals surface area contributed by atoms with Gasteiger partial charge in [0.05, 0.1) is 11.1 Å². The van der Waals surface area contributed by atoms with E-state index in [2.05, 4.69) is 6.92 Å². The summed E-state index contributed by atoms with van der Waals surface area (Å²) in [5.41, 5.74) is -0.410. The summed E-state index contributed by atoms with van der Waals surface area (Å²) in [6.07, 6.45) is 16.0. The van der Waals surface area contributed by atoms with Crippen LogP contribution in [0.25, 0.3) is 5.76 Å². The van der Waals surface area contributed by atoms with Gasteiger partial charge in [-0.3, -0.25) is 9.59 Å². The van der Waals surface area contributed by atoms with Gasteiger partial charge in [-0.25, -0.2) is 0 Å². The molecule has 1 aromatic carbocycles. The number of unbranched alkanes of at least 4 members (excludes halogenated alkanes) is 12. The van der Waals surface area contributed by atoms with E-state index >= 15 is 0 Å². The number of ketones is 2. The number of fused-ring (bicyclic) bond motifs is 1. The first-order chi connectivity index (χ1) is 14.5. The summed E-state index contributed by atoms with van der Waals surface area (Å²) < 4.78 is 0. The van der Waals surface area contributed by atoms with Crippen LogP contribution in [0.15, 0.2) is 17.7 Å². The second-order valence-corrected chi connectivity index (χ2v) is 8.33. The number of aliphatic hydroxyl groups excluding tert-OH is 1. The van der Waals surface area contributed by atoms with Gasteiger partial charge in [0.1, 0.15) is 17.3 Å². The molecule has 0 atom stereocenters. The second-order valence-electron chi connectivity index (χ2n) is 8.33. The van der Waals surface area contributed by atoms with Crippen LogP contribution in [0.4, 0.5) is 0 Å². The fraction of sp³-hybridized carbons (Fsp3) is 0.600. The van der Waals surface area contributed by atoms with Gasteiger partial charge in [-0.1, -0.05) is 84.0 Å². The van der Waals surface area contributed by atoms with Crippen molar-refractivity contribution in [3.8, 4) is 11.5 Å². The summed E-state index contributed by atoms with van der Waals surface area (Å²) in [6.45, 7) is 2.24. The van der Waals surface area contributed by atoms with Crippen molar-refractivity contribution in [2.75, 3.05) is 0 Å². The van der Waals surface area contributed by atoms with Crippen molar-refractivity contribution < 1.29 is 24.9 Å². The monoisotopic (exact) mass is 416 g/mol. The van der Waals surface area contributed by atoms with E-state index in [1.807, 2.05) is 0 Å². The van der Waals surface area contributed by atoms with E-state index in [1.165, 1.54) is 63.9 Å². The second kappa shape index (κ2) is 12.4. The number of aliphatic hydroxyl groups is 1. The van der Waals surface area contributed by atoms with Crippen molar-refractivity contribution in [2.24, 2.45) is 0 Å². The van der Waals surface area contributed by atoms with E-state index in [1.54, 1.807) is 0 Å². The zero-order chi connectivity index (χ0) is 21.9. The molecule has 0 heterocycles. The molecule has 0 aliphatic heterocycles. The largest absolute Gasteiger partial charge is 0.507 e. The van der Waals surface area contributed by atoms with Crippen molar-refractivity contribution in [3.05, 3.63) is 28.8 Å². The molecule has 0 spiro atoms. The average molecular weight is 417 g/mol. The molecule has 0 saturated heterocycles. The van der Waals surface area contributed by atoms with Crippen LogP contribution in [0.5, 0.6) is 11.5 Å². The van der Waals surface area contributed by atoms with Crippen LogP contribution in [-0.4, -0.2) is 26.9 Å². The molecule has 1 aromatic rings. The topological polar surface area (TPSA) is 94.8 Å². The number of allylic oxidation sites excluding steroid dienone is 1. The van der Waals surface area contributed by atoms with Gasteiger partial charge in [0.2, 0.25) is 11.6 Å². The molecule has 3 N–H and O–H groups in total. The number of phenolic OH excluding ortho intramolecular Hbond substituents is 2. The third-order valence-electron chi connectivity index (χ3n) is 5.92. The minimum Gasteiger partial charge on any atom is -0.507 e. The highest BCUT2D eigenvalue weighted by molar-refractivity contribution is 6.52. The smallest absolute Gasteiger partial charge is 0.237 e. The van der Waals surface area contributed by atoms with Crippen molar-refractivity contribution in [3.63, 3.8) is 0 Å². The predicted octanol–water partition coefficient (Wildman–Crippen LogP) is 6.61. The van der Waals surface area contributed by atoms with E-state index in [0.717, 1.165) is 25.3 Å². The number of phenols is 2. The van der Waals surface area contributed by atoms with E-state index in [4.69, 9.17) is 0 Å². The lowest BCUT2D eigenvalue weighted by Gasteiger charge is -2.19. The Kier molecular flexibility index (Phi) is 9.92. The Balaban J connectivity index is 1.69. The maximum Gasteiger partial charge on any atom is 0.237 e. The van der Waals surface area contributed by atoms with Crippen LogP contribution in [0, 0.1) is 0 Å². The number of Topliss-reactive ketones (excluding diaryl/α,β-unsaturated/α-hetero) is 2. The Hall–Kier alpha value is -2.30. The molecule has 0 saturated carbocycles. The SMILES string of the molecule is CCCCCCCCCCCCCCCC1=C(O)c2c(O)ccc(O)c2C(=O)C1=O. The molecule has 5 heteroatoms. The molecule has 0 radical (unpaired) electrons. The molecule has 0 aromatic heterocycles. The Morgan fingerprint density at radius 2 is 1.03 bits per heavy atom. The van der Waals surface area contributed by atoms with Gasteiger partial charge in [-0.2, -0.15) is 0 Å². The van der Waals surface area contributed by atoms with Gasteiger partial charge in [-0.05, 0) is 25.0 Å². The third-order valence-corrected chi connectivity index (χ3v) is 5.92. The number of carbonyl (C=O) groups excluding carboxylic acids is 2. The Labute approximate surface area is 179 Å². The van der Waals surface area contributed by atoms with Crippen molar-refractivity contribution in [1.82, 2.24) is 0 Å². The average Bonchev–Trinajstić information content (AvgIpc) is 2.73. The molecule has 1 aliphatic rings. The van der Waals surface area contributed by atoms with E-state index in [9.17, 15) is 24.9 Å². The minimum absolute atomic E-state index is 0.0384. The van der Waals surface area contributed by atoms with E-state index in [-0.39, 0.29) is 28.2 Å². The van der Waals surface area contributed by atoms with Crippen LogP contribution in [0.1, 0.15) is 113 Å². The molecule has 0 fully saturated rings. The Morgan fingerprint density at radius 3 is 1.53 bits per heavy atom. The first kappa shape index (κ1) is 24.0. The van der Waals surface area contributed by atoms with Gasteiger partial charge in [-0.15, -0.1) is 0 Å². The maximum atomic E-state index is 12.4. The summed E-state index contributed by atoms with van der Waals surface area (Å²) >= 11 is 0. The predicted molar refractivity (Wildman–Crippen MR) is 119 cm³/mol. The number of aromatic hydroxyl groups is 2. The summed E-state index contributed by atoms with van der Waals surface area (Å²) in [5.74, 6) is -2.78. The van der Waals surface area contributed by atoms with Gasteiger partial charge in [0.15, 0.2) is 0 Å². The standard InChI is InChI=1S/C25H36O5/c1-2-3-4-5-6-7-8-9-10-11-12-13-14-15-18-23(28)21-19(26)16-17-20(27)22(21)25(30)24(18)29/h16-17,26-28H,2-15H2,1H3. The summed E-state index contributed by atoms with van der Waals surface area (Å²) in [4.78, 5) is 24.7. The Morgan fingerprint density at radius 1 is 0.600 bits per heavy atom. The molecule has 5 nitrogen and oxygen atoms in total. The number of rotatable bonds is 14. The first-order valence-electron chi connectivity index (χ1n) is 11.6. The highest BCUT2D eigenvalue weighted by Crippen LogP contribution is 2.39. The lowest BCUT2D eigenvalue weighted by molar-refractivity contribution is -0.112. The minimum atomic E-state index is -0.874. The zero-order valence-corrected chi connectivity index (χ0v) is 18.2. The molecule has 0 unspecified atom stereocenters. The normalized spacial score (nSPS) is 13.8. The lowest BCUT2D eigenvalue weighted by atomic mass is 9.85. The van der Waals surface area contributed by atoms with Crippen molar-refractivity contribution in [2.45, 2.75) is 96.8 Å². The fourth-order valence-corrected chi connectivity index (χ4v) is 4.11. The van der Waals surface area contributed by atoms with Crippen LogP contribution in [0.3, 0.4) is 0 Å². The maximum absolute atomic E-state index is 12.4. The summed E-state index contributed by atoms with van der Waals surface area (Å²) in [6, 6.07) is 2.35. The highest BCUT2D eigenvalue weighted by atomic mass is 16.3. The summed E-state index contributed by atoms with van der Waals surface area (Å²) in [5, 5.41) is 30.3. The summed E-state index contributed by atoms with van der Waals surface area (Å²) in [7, 11) is 0. The molecule has 1 aliphatic carbocycles. The molecular formula is C25H36O5. The van der Waals surface area contributed by atoms with Crippen LogP contribution < -0.4 is 0 Å². The third kappa shape index (κ3) is 6.35. The molecular weight excluding hydrogens is 380 g/mol. The molecule has 2 rings (SSSR count). The van der Waals surface area contributed by atoms with Gasteiger partial charge < -0.3 is 15.3 Å². The van der Waals surface area contributed by atoms with Gasteiger partial charge in [0.25, 0.3) is 0 Å². The quantitative estimate of drug-likeness (QED) is 0.180. The number of benzene rings is 1. The molecule has 0 amide bonds. The fourth-order valence-electron chi connectivity index (χ4n) is 4.11. The molecule has 166 valence electrons. The molecule has 0 bridgehead atoms. The first-order valence-corrected chi connectivity index (χ1v) is 11.6. The number of hydrogen-bond donors (Lipinski definition) is 3. The van der Waals surface area contributed by atoms with Crippen LogP contribution >= 0.6 is 0 Å². The number of hydrogen-bond acceptors (Lipinski definition) is 5. The van der Waals surface area contributed by atoms with Crippen molar-refractivity contribution >= 4 is 17.3 Å². The van der Waals surface area contributed by atoms with E-state index < -0.39 is 17.3 Å². The molecule has 30 heavy (non-hydrogen) atoms. The Bertz CT molecular complexity index is 763. The van der Waals surface area contributed by atoms with Gasteiger partial charge in [0, 0.05) is 5.57 Å². The number of carbonyl (C=O) groups is 2. The van der Waals surface area contributed by atoms with Gasteiger partial charge >= 0.3 is 0 Å².